The molecule has 0 unspecified atom stereocenters. The second-order valence-electron chi connectivity index (χ2n) is 2.81. The number of anilines is 2. The highest BCUT2D eigenvalue weighted by Crippen LogP contribution is 2.25. The quantitative estimate of drug-likeness (QED) is 0.427. The monoisotopic (exact) mass is 259 g/mol. The number of nitrogen functional groups attached to an aromatic ring is 1. The number of nitrogens with zero attached hydrogens (tertiary/aromatic N) is 2. The number of hydrazine groups is 1. The second kappa shape index (κ2) is 5.77. The van der Waals surface area contributed by atoms with Gasteiger partial charge < -0.3 is 10.7 Å². The van der Waals surface area contributed by atoms with Crippen molar-refractivity contribution >= 4 is 27.6 Å². The third kappa shape index (κ3) is 2.81. The average Bonchev–Trinajstić information content (AvgIpc) is 2.21. The molecule has 0 amide bonds. The van der Waals surface area contributed by atoms with Crippen LogP contribution >= 0.6 is 15.9 Å². The molecular weight excluding hydrogens is 246 g/mol. The van der Waals surface area contributed by atoms with Gasteiger partial charge in [0.2, 0.25) is 0 Å². The number of hydrogen-bond donors (Lipinski definition) is 3. The maximum atomic E-state index is 5.28. The van der Waals surface area contributed by atoms with Crippen molar-refractivity contribution in [2.24, 2.45) is 5.84 Å². The Morgan fingerprint density at radius 1 is 1.43 bits per heavy atom. The van der Waals surface area contributed by atoms with Crippen LogP contribution in [0.1, 0.15) is 19.8 Å². The molecule has 1 aromatic heterocycles. The number of halogens is 1. The standard InChI is InChI=1S/C8H14BrN5/c1-2-3-4-11-7-6(9)8(14-10)13-5-12-7/h5H,2-4,10H2,1H3,(H2,11,12,13,14). The van der Waals surface area contributed by atoms with Crippen LogP contribution in [0.3, 0.4) is 0 Å². The molecule has 5 nitrogen and oxygen atoms in total. The van der Waals surface area contributed by atoms with E-state index in [2.05, 4.69) is 43.6 Å². The lowest BCUT2D eigenvalue weighted by atomic mass is 10.3. The predicted octanol–water partition coefficient (Wildman–Crippen LogP) is 1.74. The third-order valence-electron chi connectivity index (χ3n) is 1.75. The topological polar surface area (TPSA) is 75.9 Å². The molecule has 0 bridgehead atoms. The van der Waals surface area contributed by atoms with E-state index in [-0.39, 0.29) is 0 Å². The van der Waals surface area contributed by atoms with E-state index in [0.717, 1.165) is 29.7 Å². The Kier molecular flexibility index (Phi) is 4.61. The highest BCUT2D eigenvalue weighted by Gasteiger charge is 2.05. The van der Waals surface area contributed by atoms with E-state index in [9.17, 15) is 0 Å². The van der Waals surface area contributed by atoms with E-state index >= 15 is 0 Å². The first-order valence-electron chi connectivity index (χ1n) is 4.50. The Morgan fingerprint density at radius 3 is 2.79 bits per heavy atom. The van der Waals surface area contributed by atoms with Gasteiger partial charge in [-0.3, -0.25) is 0 Å². The molecule has 78 valence electrons. The van der Waals surface area contributed by atoms with Crippen molar-refractivity contribution in [1.82, 2.24) is 9.97 Å². The van der Waals surface area contributed by atoms with E-state index in [4.69, 9.17) is 5.84 Å². The first-order chi connectivity index (χ1) is 6.79. The molecule has 0 atom stereocenters. The summed E-state index contributed by atoms with van der Waals surface area (Å²) in [5.41, 5.74) is 2.49. The Balaban J connectivity index is 2.66. The minimum absolute atomic E-state index is 0.582. The van der Waals surface area contributed by atoms with Crippen LogP contribution in [0.25, 0.3) is 0 Å². The van der Waals surface area contributed by atoms with Crippen molar-refractivity contribution in [3.05, 3.63) is 10.8 Å². The van der Waals surface area contributed by atoms with Crippen molar-refractivity contribution in [3.8, 4) is 0 Å². The zero-order chi connectivity index (χ0) is 10.4. The highest BCUT2D eigenvalue weighted by atomic mass is 79.9. The first kappa shape index (κ1) is 11.2. The number of aromatic nitrogens is 2. The van der Waals surface area contributed by atoms with E-state index in [1.807, 2.05) is 0 Å². The van der Waals surface area contributed by atoms with Gasteiger partial charge in [0.05, 0.1) is 0 Å². The molecule has 0 aliphatic heterocycles. The van der Waals surface area contributed by atoms with Crippen molar-refractivity contribution in [1.29, 1.82) is 0 Å². The van der Waals surface area contributed by atoms with Crippen molar-refractivity contribution < 1.29 is 0 Å². The van der Waals surface area contributed by atoms with Gasteiger partial charge in [0, 0.05) is 6.54 Å². The normalized spacial score (nSPS) is 9.93. The Hall–Kier alpha value is -0.880. The average molecular weight is 260 g/mol. The van der Waals surface area contributed by atoms with Crippen LogP contribution in [0.15, 0.2) is 10.8 Å². The fourth-order valence-corrected chi connectivity index (χ4v) is 1.44. The molecule has 0 aliphatic rings. The van der Waals surface area contributed by atoms with Crippen LogP contribution in [0, 0.1) is 0 Å². The van der Waals surface area contributed by atoms with Crippen LogP contribution < -0.4 is 16.6 Å². The van der Waals surface area contributed by atoms with Crippen LogP contribution in [0.2, 0.25) is 0 Å². The number of nitrogens with one attached hydrogen (secondary N) is 2. The summed E-state index contributed by atoms with van der Waals surface area (Å²) < 4.78 is 0.763. The maximum absolute atomic E-state index is 5.28. The lowest BCUT2D eigenvalue weighted by molar-refractivity contribution is 0.829. The van der Waals surface area contributed by atoms with Crippen molar-refractivity contribution in [3.63, 3.8) is 0 Å². The number of nitrogens with two attached hydrogens (primary N) is 1. The molecule has 0 spiro atoms. The van der Waals surface area contributed by atoms with E-state index < -0.39 is 0 Å². The van der Waals surface area contributed by atoms with Gasteiger partial charge >= 0.3 is 0 Å². The van der Waals surface area contributed by atoms with Gasteiger partial charge in [0.15, 0.2) is 5.82 Å². The minimum atomic E-state index is 0.582. The van der Waals surface area contributed by atoms with E-state index in [1.165, 1.54) is 6.33 Å². The molecule has 1 rings (SSSR count). The molecule has 0 radical (unpaired) electrons. The van der Waals surface area contributed by atoms with Crippen LogP contribution in [0.4, 0.5) is 11.6 Å². The fourth-order valence-electron chi connectivity index (χ4n) is 0.977. The summed E-state index contributed by atoms with van der Waals surface area (Å²) in [6.07, 6.45) is 3.73. The Bertz CT molecular complexity index is 291. The SMILES string of the molecule is CCCCNc1ncnc(NN)c1Br. The summed E-state index contributed by atoms with van der Waals surface area (Å²) in [4.78, 5) is 8.05. The Morgan fingerprint density at radius 2 is 2.14 bits per heavy atom. The van der Waals surface area contributed by atoms with Gasteiger partial charge in [-0.15, -0.1) is 0 Å². The summed E-state index contributed by atoms with van der Waals surface area (Å²) in [5, 5.41) is 3.20. The molecule has 1 aromatic rings. The van der Waals surface area contributed by atoms with Gasteiger partial charge in [-0.2, -0.15) is 0 Å². The molecule has 0 saturated carbocycles. The smallest absolute Gasteiger partial charge is 0.159 e. The summed E-state index contributed by atoms with van der Waals surface area (Å²) in [6, 6.07) is 0. The lowest BCUT2D eigenvalue weighted by Gasteiger charge is -2.08. The third-order valence-corrected chi connectivity index (χ3v) is 2.50. The van der Waals surface area contributed by atoms with Crippen LogP contribution in [-0.2, 0) is 0 Å². The van der Waals surface area contributed by atoms with Gasteiger partial charge in [0.25, 0.3) is 0 Å². The summed E-state index contributed by atoms with van der Waals surface area (Å²) >= 11 is 3.36. The van der Waals surface area contributed by atoms with Gasteiger partial charge in [-0.1, -0.05) is 13.3 Å². The van der Waals surface area contributed by atoms with E-state index in [0.29, 0.717) is 5.82 Å². The number of unbranched alkanes of at least 4 members (excludes halogenated alkanes) is 1. The molecule has 14 heavy (non-hydrogen) atoms. The second-order valence-corrected chi connectivity index (χ2v) is 3.60. The number of hydrogen-bond acceptors (Lipinski definition) is 5. The fraction of sp³-hybridized carbons (Fsp3) is 0.500. The number of rotatable bonds is 5. The highest BCUT2D eigenvalue weighted by molar-refractivity contribution is 9.10. The molecule has 0 aromatic carbocycles. The van der Waals surface area contributed by atoms with Crippen molar-refractivity contribution in [2.45, 2.75) is 19.8 Å². The summed E-state index contributed by atoms with van der Waals surface area (Å²) in [5.74, 6) is 6.62. The summed E-state index contributed by atoms with van der Waals surface area (Å²) in [7, 11) is 0. The zero-order valence-corrected chi connectivity index (χ0v) is 9.63. The molecule has 0 fully saturated rings. The Labute approximate surface area is 91.6 Å². The van der Waals surface area contributed by atoms with Crippen LogP contribution in [-0.4, -0.2) is 16.5 Å². The minimum Gasteiger partial charge on any atom is -0.369 e. The molecular formula is C8H14BrN5. The lowest BCUT2D eigenvalue weighted by Crippen LogP contribution is -2.11. The van der Waals surface area contributed by atoms with E-state index in [1.54, 1.807) is 0 Å². The van der Waals surface area contributed by atoms with Crippen molar-refractivity contribution in [2.75, 3.05) is 17.3 Å². The summed E-state index contributed by atoms with van der Waals surface area (Å²) in [6.45, 7) is 3.04. The molecule has 4 N–H and O–H groups in total. The molecule has 1 heterocycles. The van der Waals surface area contributed by atoms with Gasteiger partial charge in [-0.25, -0.2) is 15.8 Å². The maximum Gasteiger partial charge on any atom is 0.159 e. The predicted molar refractivity (Wildman–Crippen MR) is 60.9 cm³/mol. The van der Waals surface area contributed by atoms with Gasteiger partial charge in [0.1, 0.15) is 16.6 Å². The van der Waals surface area contributed by atoms with Gasteiger partial charge in [-0.05, 0) is 22.4 Å². The first-order valence-corrected chi connectivity index (χ1v) is 5.29. The largest absolute Gasteiger partial charge is 0.369 e. The molecule has 0 saturated heterocycles. The molecule has 6 heteroatoms. The zero-order valence-electron chi connectivity index (χ0n) is 8.05. The molecule has 0 aliphatic carbocycles. The van der Waals surface area contributed by atoms with Crippen LogP contribution in [0.5, 0.6) is 0 Å².